The number of likely N-dealkylation sites (tertiary alicyclic amines) is 1. The molecule has 0 aliphatic carbocycles. The standard InChI is InChI=1S/C18H23N5O2/c1-22-11-3-4-15(12-22)23(2)18(25)13-5-7-14(8-6-13)20-17(24)16-9-10-19-21-16/h5-10,15H,3-4,11-12H2,1-2H3,(H,19,21)(H,20,24)/t15-/m0/s1. The third kappa shape index (κ3) is 4.06. The average molecular weight is 341 g/mol. The van der Waals surface area contributed by atoms with Crippen molar-refractivity contribution in [2.75, 3.05) is 32.5 Å². The number of hydrogen-bond acceptors (Lipinski definition) is 4. The quantitative estimate of drug-likeness (QED) is 0.889. The van der Waals surface area contributed by atoms with Gasteiger partial charge in [0.15, 0.2) is 0 Å². The van der Waals surface area contributed by atoms with E-state index in [-0.39, 0.29) is 17.9 Å². The van der Waals surface area contributed by atoms with E-state index in [0.29, 0.717) is 16.9 Å². The highest BCUT2D eigenvalue weighted by molar-refractivity contribution is 6.03. The normalized spacial score (nSPS) is 17.9. The smallest absolute Gasteiger partial charge is 0.273 e. The van der Waals surface area contributed by atoms with Crippen LogP contribution in [-0.4, -0.2) is 65.0 Å². The summed E-state index contributed by atoms with van der Waals surface area (Å²) in [6.07, 6.45) is 3.66. The second kappa shape index (κ2) is 7.48. The summed E-state index contributed by atoms with van der Waals surface area (Å²) in [5.41, 5.74) is 1.65. The largest absolute Gasteiger partial charge is 0.337 e. The van der Waals surface area contributed by atoms with Crippen LogP contribution in [0.5, 0.6) is 0 Å². The lowest BCUT2D eigenvalue weighted by Gasteiger charge is -2.35. The van der Waals surface area contributed by atoms with Crippen molar-refractivity contribution in [1.29, 1.82) is 0 Å². The predicted molar refractivity (Wildman–Crippen MR) is 95.6 cm³/mol. The van der Waals surface area contributed by atoms with E-state index in [1.165, 1.54) is 6.20 Å². The van der Waals surface area contributed by atoms with Crippen LogP contribution < -0.4 is 5.32 Å². The Labute approximate surface area is 147 Å². The number of nitrogens with one attached hydrogen (secondary N) is 2. The van der Waals surface area contributed by atoms with Gasteiger partial charge in [0.2, 0.25) is 0 Å². The van der Waals surface area contributed by atoms with Crippen LogP contribution in [0.2, 0.25) is 0 Å². The summed E-state index contributed by atoms with van der Waals surface area (Å²) < 4.78 is 0. The molecule has 25 heavy (non-hydrogen) atoms. The van der Waals surface area contributed by atoms with Gasteiger partial charge in [0.05, 0.1) is 0 Å². The molecule has 1 aromatic heterocycles. The van der Waals surface area contributed by atoms with E-state index < -0.39 is 0 Å². The zero-order valence-corrected chi connectivity index (χ0v) is 14.5. The highest BCUT2D eigenvalue weighted by Gasteiger charge is 2.25. The molecule has 2 N–H and O–H groups in total. The molecule has 2 heterocycles. The molecule has 7 heteroatoms. The van der Waals surface area contributed by atoms with Gasteiger partial charge >= 0.3 is 0 Å². The van der Waals surface area contributed by atoms with E-state index in [2.05, 4.69) is 27.5 Å². The van der Waals surface area contributed by atoms with Crippen LogP contribution >= 0.6 is 0 Å². The number of benzene rings is 1. The van der Waals surface area contributed by atoms with Crippen LogP contribution in [0.15, 0.2) is 36.5 Å². The molecule has 0 unspecified atom stereocenters. The lowest BCUT2D eigenvalue weighted by molar-refractivity contribution is 0.0644. The first-order valence-corrected chi connectivity index (χ1v) is 8.41. The van der Waals surface area contributed by atoms with Gasteiger partial charge in [0.1, 0.15) is 5.69 Å². The van der Waals surface area contributed by atoms with Gasteiger partial charge in [-0.1, -0.05) is 0 Å². The molecule has 1 saturated heterocycles. The topological polar surface area (TPSA) is 81.3 Å². The van der Waals surface area contributed by atoms with Crippen molar-refractivity contribution in [1.82, 2.24) is 20.0 Å². The number of likely N-dealkylation sites (N-methyl/N-ethyl adjacent to an activating group) is 2. The number of H-pyrrole nitrogens is 1. The zero-order chi connectivity index (χ0) is 17.8. The molecule has 1 aliphatic rings. The molecule has 1 aromatic carbocycles. The number of hydrogen-bond donors (Lipinski definition) is 2. The molecule has 7 nitrogen and oxygen atoms in total. The van der Waals surface area contributed by atoms with Crippen LogP contribution in [0.25, 0.3) is 0 Å². The lowest BCUT2D eigenvalue weighted by Crippen LogP contribution is -2.47. The first kappa shape index (κ1) is 17.2. The minimum absolute atomic E-state index is 0.00624. The van der Waals surface area contributed by atoms with Gasteiger partial charge in [0.25, 0.3) is 11.8 Å². The fraction of sp³-hybridized carbons (Fsp3) is 0.389. The van der Waals surface area contributed by atoms with Crippen LogP contribution in [0.4, 0.5) is 5.69 Å². The molecule has 132 valence electrons. The summed E-state index contributed by atoms with van der Waals surface area (Å²) in [6, 6.07) is 8.81. The van der Waals surface area contributed by atoms with Gasteiger partial charge in [-0.15, -0.1) is 0 Å². The Morgan fingerprint density at radius 1 is 1.28 bits per heavy atom. The fourth-order valence-electron chi connectivity index (χ4n) is 3.10. The number of aromatic nitrogens is 2. The fourth-order valence-corrected chi connectivity index (χ4v) is 3.10. The van der Waals surface area contributed by atoms with Crippen molar-refractivity contribution in [3.63, 3.8) is 0 Å². The number of piperidine rings is 1. The predicted octanol–water partition coefficient (Wildman–Crippen LogP) is 1.83. The molecule has 2 aromatic rings. The Kier molecular flexibility index (Phi) is 5.14. The number of rotatable bonds is 4. The van der Waals surface area contributed by atoms with Crippen LogP contribution in [0.3, 0.4) is 0 Å². The number of carbonyl (C=O) groups is 2. The third-order valence-electron chi connectivity index (χ3n) is 4.60. The van der Waals surface area contributed by atoms with Crippen LogP contribution in [-0.2, 0) is 0 Å². The molecule has 0 saturated carbocycles. The Balaban J connectivity index is 1.63. The average Bonchev–Trinajstić information content (AvgIpc) is 3.16. The van der Waals surface area contributed by atoms with E-state index in [9.17, 15) is 9.59 Å². The number of nitrogens with zero attached hydrogens (tertiary/aromatic N) is 3. The Bertz CT molecular complexity index is 726. The molecule has 0 bridgehead atoms. The lowest BCUT2D eigenvalue weighted by atomic mass is 10.0. The summed E-state index contributed by atoms with van der Waals surface area (Å²) >= 11 is 0. The number of anilines is 1. The van der Waals surface area contributed by atoms with Crippen LogP contribution in [0, 0.1) is 0 Å². The van der Waals surface area contributed by atoms with Gasteiger partial charge in [0, 0.05) is 37.1 Å². The molecular formula is C18H23N5O2. The Hall–Kier alpha value is -2.67. The van der Waals surface area contributed by atoms with Crippen molar-refractivity contribution in [2.45, 2.75) is 18.9 Å². The maximum absolute atomic E-state index is 12.7. The Morgan fingerprint density at radius 2 is 2.04 bits per heavy atom. The van der Waals surface area contributed by atoms with Gasteiger partial charge < -0.3 is 15.1 Å². The van der Waals surface area contributed by atoms with Gasteiger partial charge in [-0.3, -0.25) is 14.7 Å². The number of amides is 2. The number of aromatic amines is 1. The summed E-state index contributed by atoms with van der Waals surface area (Å²) in [5, 5.41) is 9.13. The molecule has 2 amide bonds. The summed E-state index contributed by atoms with van der Waals surface area (Å²) in [7, 11) is 3.95. The minimum Gasteiger partial charge on any atom is -0.337 e. The highest BCUT2D eigenvalue weighted by Crippen LogP contribution is 2.17. The SMILES string of the molecule is CN1CCC[C@H](N(C)C(=O)c2ccc(NC(=O)c3ccn[nH]3)cc2)C1. The first-order chi connectivity index (χ1) is 12.0. The van der Waals surface area contributed by atoms with Crippen molar-refractivity contribution < 1.29 is 9.59 Å². The summed E-state index contributed by atoms with van der Waals surface area (Å²) in [5.74, 6) is -0.259. The van der Waals surface area contributed by atoms with E-state index in [1.54, 1.807) is 30.3 Å². The van der Waals surface area contributed by atoms with E-state index >= 15 is 0 Å². The maximum Gasteiger partial charge on any atom is 0.273 e. The summed E-state index contributed by atoms with van der Waals surface area (Å²) in [6.45, 7) is 1.99. The van der Waals surface area contributed by atoms with Crippen LogP contribution in [0.1, 0.15) is 33.7 Å². The third-order valence-corrected chi connectivity index (χ3v) is 4.60. The van der Waals surface area contributed by atoms with Gasteiger partial charge in [-0.2, -0.15) is 5.10 Å². The molecular weight excluding hydrogens is 318 g/mol. The van der Waals surface area contributed by atoms with Crippen molar-refractivity contribution in [3.05, 3.63) is 47.8 Å². The second-order valence-electron chi connectivity index (χ2n) is 6.48. The van der Waals surface area contributed by atoms with Crippen molar-refractivity contribution in [3.8, 4) is 0 Å². The van der Waals surface area contributed by atoms with E-state index in [0.717, 1.165) is 25.9 Å². The van der Waals surface area contributed by atoms with Gasteiger partial charge in [-0.25, -0.2) is 0 Å². The molecule has 0 radical (unpaired) electrons. The Morgan fingerprint density at radius 3 is 2.68 bits per heavy atom. The molecule has 1 atom stereocenters. The minimum atomic E-state index is -0.265. The molecule has 1 fully saturated rings. The van der Waals surface area contributed by atoms with E-state index in [1.807, 2.05) is 11.9 Å². The van der Waals surface area contributed by atoms with E-state index in [4.69, 9.17) is 0 Å². The monoisotopic (exact) mass is 341 g/mol. The molecule has 1 aliphatic heterocycles. The number of carbonyl (C=O) groups excluding carboxylic acids is 2. The summed E-state index contributed by atoms with van der Waals surface area (Å²) in [4.78, 5) is 28.7. The highest BCUT2D eigenvalue weighted by atomic mass is 16.2. The maximum atomic E-state index is 12.7. The van der Waals surface area contributed by atoms with Gasteiger partial charge in [-0.05, 0) is 56.8 Å². The molecule has 3 rings (SSSR count). The molecule has 0 spiro atoms. The second-order valence-corrected chi connectivity index (χ2v) is 6.48. The first-order valence-electron chi connectivity index (χ1n) is 8.41. The van der Waals surface area contributed by atoms with Crippen molar-refractivity contribution >= 4 is 17.5 Å². The zero-order valence-electron chi connectivity index (χ0n) is 14.5. The van der Waals surface area contributed by atoms with Crippen molar-refractivity contribution in [2.24, 2.45) is 0 Å².